The van der Waals surface area contributed by atoms with Crippen molar-refractivity contribution < 1.29 is 22.7 Å². The molecule has 0 aromatic heterocycles. The quantitative estimate of drug-likeness (QED) is 0.258. The Kier molecular flexibility index (Phi) is 9.58. The van der Waals surface area contributed by atoms with Crippen molar-refractivity contribution >= 4 is 58.4 Å². The second-order valence-corrected chi connectivity index (χ2v) is 10.1. The first-order valence-electron chi connectivity index (χ1n) is 10.1. The van der Waals surface area contributed by atoms with Crippen LogP contribution in [0.4, 0.5) is 13.2 Å². The van der Waals surface area contributed by atoms with E-state index in [-0.39, 0.29) is 33.0 Å². The third-order valence-corrected chi connectivity index (χ3v) is 6.07. The van der Waals surface area contributed by atoms with Crippen LogP contribution < -0.4 is 0 Å². The number of rotatable bonds is 7. The van der Waals surface area contributed by atoms with Gasteiger partial charge in [-0.2, -0.15) is 13.2 Å². The highest BCUT2D eigenvalue weighted by Gasteiger charge is 2.39. The van der Waals surface area contributed by atoms with Crippen LogP contribution in [0.5, 0.6) is 0 Å². The van der Waals surface area contributed by atoms with Gasteiger partial charge >= 0.3 is 12.1 Å². The summed E-state index contributed by atoms with van der Waals surface area (Å²) in [5.41, 5.74) is 0.625. The molecule has 0 N–H and O–H groups in total. The van der Waals surface area contributed by atoms with E-state index in [4.69, 9.17) is 51.1 Å². The van der Waals surface area contributed by atoms with Crippen molar-refractivity contribution in [2.75, 3.05) is 0 Å². The molecular formula is C24H23Cl4F3O2. The molecule has 0 amide bonds. The van der Waals surface area contributed by atoms with E-state index in [1.807, 2.05) is 0 Å². The van der Waals surface area contributed by atoms with Gasteiger partial charge in [0.25, 0.3) is 0 Å². The van der Waals surface area contributed by atoms with Gasteiger partial charge in [0, 0.05) is 11.4 Å². The van der Waals surface area contributed by atoms with E-state index >= 15 is 0 Å². The fraction of sp³-hybridized carbons (Fsp3) is 0.375. The lowest BCUT2D eigenvalue weighted by atomic mass is 9.96. The summed E-state index contributed by atoms with van der Waals surface area (Å²) in [5, 5.41) is 0.296. The first kappa shape index (κ1) is 27.8. The molecule has 0 spiro atoms. The summed E-state index contributed by atoms with van der Waals surface area (Å²) in [5.74, 6) is -2.23. The highest BCUT2D eigenvalue weighted by atomic mass is 35.5. The molecule has 0 saturated carbocycles. The molecule has 33 heavy (non-hydrogen) atoms. The maximum absolute atomic E-state index is 13.7. The molecule has 0 radical (unpaired) electrons. The Morgan fingerprint density at radius 2 is 1.61 bits per heavy atom. The Labute approximate surface area is 211 Å². The number of allylic oxidation sites excluding steroid dienone is 1. The first-order valence-corrected chi connectivity index (χ1v) is 11.6. The van der Waals surface area contributed by atoms with E-state index in [1.165, 1.54) is 6.08 Å². The Bertz CT molecular complexity index is 1000. The lowest BCUT2D eigenvalue weighted by Gasteiger charge is -2.19. The van der Waals surface area contributed by atoms with Gasteiger partial charge in [-0.3, -0.25) is 4.79 Å². The van der Waals surface area contributed by atoms with Crippen molar-refractivity contribution in [2.45, 2.75) is 57.7 Å². The lowest BCUT2D eigenvalue weighted by molar-refractivity contribution is -0.154. The third kappa shape index (κ3) is 8.71. The van der Waals surface area contributed by atoms with Crippen LogP contribution in [0.15, 0.2) is 36.4 Å². The van der Waals surface area contributed by atoms with E-state index in [0.29, 0.717) is 23.4 Å². The maximum atomic E-state index is 13.7. The molecule has 2 nitrogen and oxygen atoms in total. The zero-order valence-corrected chi connectivity index (χ0v) is 21.2. The smallest absolute Gasteiger partial charge is 0.399 e. The topological polar surface area (TPSA) is 26.3 Å². The number of alkyl halides is 3. The second kappa shape index (κ2) is 11.4. The molecule has 180 valence electrons. The fourth-order valence-electron chi connectivity index (χ4n) is 3.06. The van der Waals surface area contributed by atoms with E-state index < -0.39 is 17.7 Å². The molecule has 0 aliphatic heterocycles. The van der Waals surface area contributed by atoms with Gasteiger partial charge in [0.15, 0.2) is 0 Å². The van der Waals surface area contributed by atoms with Crippen LogP contribution in [0.3, 0.4) is 0 Å². The Hall–Kier alpha value is -1.40. The summed E-state index contributed by atoms with van der Waals surface area (Å²) in [4.78, 5) is 11.8. The number of halogens is 7. The van der Waals surface area contributed by atoms with E-state index in [1.54, 1.807) is 39.0 Å². The van der Waals surface area contributed by atoms with Crippen LogP contribution in [-0.4, -0.2) is 17.7 Å². The molecule has 2 aromatic carbocycles. The summed E-state index contributed by atoms with van der Waals surface area (Å²) in [6.07, 6.45) is -0.890. The molecule has 2 rings (SSSR count). The number of ether oxygens (including phenoxy) is 1. The lowest BCUT2D eigenvalue weighted by Crippen LogP contribution is -2.23. The molecule has 0 bridgehead atoms. The number of benzene rings is 2. The zero-order valence-electron chi connectivity index (χ0n) is 18.2. The fourth-order valence-corrected chi connectivity index (χ4v) is 3.95. The van der Waals surface area contributed by atoms with Gasteiger partial charge in [-0.05, 0) is 68.5 Å². The van der Waals surface area contributed by atoms with Crippen LogP contribution in [0.1, 0.15) is 56.2 Å². The number of hydrogen-bond donors (Lipinski definition) is 0. The minimum absolute atomic E-state index is 0.000951. The van der Waals surface area contributed by atoms with Gasteiger partial charge in [-0.15, -0.1) is 0 Å². The minimum atomic E-state index is -4.57. The van der Waals surface area contributed by atoms with Gasteiger partial charge < -0.3 is 4.74 Å². The Morgan fingerprint density at radius 1 is 1.00 bits per heavy atom. The summed E-state index contributed by atoms with van der Waals surface area (Å²) >= 11 is 24.0. The van der Waals surface area contributed by atoms with Crippen molar-refractivity contribution in [1.82, 2.24) is 0 Å². The van der Waals surface area contributed by atoms with E-state index in [9.17, 15) is 18.0 Å². The van der Waals surface area contributed by atoms with Gasteiger partial charge in [-0.1, -0.05) is 70.7 Å². The van der Waals surface area contributed by atoms with Crippen LogP contribution in [0.2, 0.25) is 20.1 Å². The average molecular weight is 542 g/mol. The summed E-state index contributed by atoms with van der Waals surface area (Å²) in [6, 6.07) is 7.28. The van der Waals surface area contributed by atoms with Crippen molar-refractivity contribution in [1.29, 1.82) is 0 Å². The van der Waals surface area contributed by atoms with Crippen LogP contribution in [0, 0.1) is 0 Å². The summed E-state index contributed by atoms with van der Waals surface area (Å²) in [7, 11) is 0. The first-order chi connectivity index (χ1) is 15.2. The van der Waals surface area contributed by atoms with Crippen LogP contribution in [-0.2, 0) is 16.0 Å². The van der Waals surface area contributed by atoms with Crippen molar-refractivity contribution in [3.05, 3.63) is 73.2 Å². The second-order valence-electron chi connectivity index (χ2n) is 8.47. The molecule has 0 aliphatic rings. The summed E-state index contributed by atoms with van der Waals surface area (Å²) in [6.45, 7) is 5.40. The van der Waals surface area contributed by atoms with Gasteiger partial charge in [-0.25, -0.2) is 0 Å². The van der Waals surface area contributed by atoms with E-state index in [2.05, 4.69) is 0 Å². The molecule has 0 saturated heterocycles. The van der Waals surface area contributed by atoms with Crippen LogP contribution >= 0.6 is 46.4 Å². The van der Waals surface area contributed by atoms with Crippen molar-refractivity contribution in [3.8, 4) is 0 Å². The predicted octanol–water partition coefficient (Wildman–Crippen LogP) is 9.32. The Morgan fingerprint density at radius 3 is 2.12 bits per heavy atom. The Balaban J connectivity index is 2.13. The number of carbonyl (C=O) groups is 1. The zero-order chi connectivity index (χ0) is 25.0. The normalized spacial score (nSPS) is 13.4. The van der Waals surface area contributed by atoms with Gasteiger partial charge in [0.1, 0.15) is 5.60 Å². The minimum Gasteiger partial charge on any atom is -0.460 e. The third-order valence-electron chi connectivity index (χ3n) is 4.52. The molecule has 2 aromatic rings. The van der Waals surface area contributed by atoms with Crippen molar-refractivity contribution in [3.63, 3.8) is 0 Å². The monoisotopic (exact) mass is 540 g/mol. The largest absolute Gasteiger partial charge is 0.460 e. The number of aryl methyl sites for hydroxylation is 1. The average Bonchev–Trinajstić information content (AvgIpc) is 2.65. The van der Waals surface area contributed by atoms with Gasteiger partial charge in [0.2, 0.25) is 0 Å². The molecule has 1 atom stereocenters. The van der Waals surface area contributed by atoms with Crippen LogP contribution in [0.25, 0.3) is 6.08 Å². The molecule has 9 heteroatoms. The standard InChI is InChI=1S/C24H23Cl4F3O2/c1-23(2,3)33-21(32)6-4-5-15-9-7-14(11-18(15)25)8-10-17(24(29,30)31)16-12-19(26)22(28)20(27)13-16/h7-13,17H,4-6H2,1-3H3/b10-8+. The molecule has 0 aliphatic carbocycles. The van der Waals surface area contributed by atoms with E-state index in [0.717, 1.165) is 23.8 Å². The molecule has 0 heterocycles. The number of carbonyl (C=O) groups excluding carboxylic acids is 1. The maximum Gasteiger partial charge on any atom is 0.399 e. The SMILES string of the molecule is CC(C)(C)OC(=O)CCCc1ccc(/C=C/C(c2cc(Cl)c(Cl)c(Cl)c2)C(F)(F)F)cc1Cl. The van der Waals surface area contributed by atoms with Crippen molar-refractivity contribution in [2.24, 2.45) is 0 Å². The molecule has 1 unspecified atom stereocenters. The number of hydrogen-bond acceptors (Lipinski definition) is 2. The number of esters is 1. The molecule has 0 fully saturated rings. The molecular weight excluding hydrogens is 519 g/mol. The highest BCUT2D eigenvalue weighted by Crippen LogP contribution is 2.41. The summed E-state index contributed by atoms with van der Waals surface area (Å²) < 4.78 is 46.3. The van der Waals surface area contributed by atoms with Gasteiger partial charge in [0.05, 0.1) is 21.0 Å². The predicted molar refractivity (Wildman–Crippen MR) is 130 cm³/mol. The highest BCUT2D eigenvalue weighted by molar-refractivity contribution is 6.48.